The molecule has 11 heteroatoms. The van der Waals surface area contributed by atoms with E-state index in [1.807, 2.05) is 6.92 Å². The Bertz CT molecular complexity index is 1030. The summed E-state index contributed by atoms with van der Waals surface area (Å²) >= 11 is 4.54. The smallest absolute Gasteiger partial charge is 0.341 e. The van der Waals surface area contributed by atoms with Crippen LogP contribution >= 0.6 is 27.3 Å². The Balaban J connectivity index is 2.17. The Morgan fingerprint density at radius 2 is 1.66 bits per heavy atom. The lowest BCUT2D eigenvalue weighted by molar-refractivity contribution is -0.119. The second-order valence-corrected chi connectivity index (χ2v) is 8.36. The number of carbonyl (C=O) groups excluding carboxylic acids is 3. The highest BCUT2D eigenvalue weighted by atomic mass is 79.9. The number of thiophene rings is 1. The molecule has 1 aromatic carbocycles. The van der Waals surface area contributed by atoms with Gasteiger partial charge >= 0.3 is 11.9 Å². The number of hydrogen-bond donors (Lipinski definition) is 1. The summed E-state index contributed by atoms with van der Waals surface area (Å²) in [5.74, 6) is -1.11. The molecule has 0 spiro atoms. The number of halogens is 1. The summed E-state index contributed by atoms with van der Waals surface area (Å²) in [6, 6.07) is 1.41. The third-order valence-electron chi connectivity index (χ3n) is 4.44. The summed E-state index contributed by atoms with van der Waals surface area (Å²) in [6.45, 7) is 4.95. The van der Waals surface area contributed by atoms with Crippen LogP contribution in [0.2, 0.25) is 0 Å². The first kappa shape index (κ1) is 25.5. The molecule has 0 unspecified atom stereocenters. The minimum absolute atomic E-state index is 0.0855. The van der Waals surface area contributed by atoms with Gasteiger partial charge in [-0.15, -0.1) is 11.3 Å². The Labute approximate surface area is 198 Å². The molecule has 9 nitrogen and oxygen atoms in total. The molecule has 1 heterocycles. The molecule has 0 aliphatic carbocycles. The first-order valence-corrected chi connectivity index (χ1v) is 11.0. The largest absolute Gasteiger partial charge is 0.493 e. The van der Waals surface area contributed by atoms with E-state index in [0.717, 1.165) is 10.4 Å². The van der Waals surface area contributed by atoms with Gasteiger partial charge in [-0.1, -0.05) is 0 Å². The van der Waals surface area contributed by atoms with E-state index in [2.05, 4.69) is 21.2 Å². The molecule has 1 aromatic heterocycles. The van der Waals surface area contributed by atoms with E-state index in [-0.39, 0.29) is 28.1 Å². The highest BCUT2D eigenvalue weighted by Crippen LogP contribution is 2.44. The molecular formula is C21H24BrNO8S. The van der Waals surface area contributed by atoms with Crippen LogP contribution in [-0.4, -0.2) is 52.4 Å². The van der Waals surface area contributed by atoms with E-state index in [1.165, 1.54) is 38.7 Å². The number of aryl methyl sites for hydroxylation is 1. The topological polar surface area (TPSA) is 109 Å². The van der Waals surface area contributed by atoms with Crippen molar-refractivity contribution in [3.05, 3.63) is 32.1 Å². The van der Waals surface area contributed by atoms with Gasteiger partial charge in [0.15, 0.2) is 18.1 Å². The Kier molecular flexibility index (Phi) is 8.90. The van der Waals surface area contributed by atoms with Crippen molar-refractivity contribution in [2.75, 3.05) is 39.9 Å². The van der Waals surface area contributed by atoms with Gasteiger partial charge in [0.2, 0.25) is 5.75 Å². The Morgan fingerprint density at radius 3 is 2.22 bits per heavy atom. The molecule has 0 saturated heterocycles. The number of hydrogen-bond acceptors (Lipinski definition) is 9. The minimum Gasteiger partial charge on any atom is -0.493 e. The standard InChI is InChI=1S/C21H24BrNO8S/c1-7-30-21(26)15-10(2)11(3)32-19(15)23-14(24)9-31-20(25)12-8-13(27-4)17(28-5)18(29-6)16(12)22/h8H,7,9H2,1-6H3,(H,23,24). The highest BCUT2D eigenvalue weighted by molar-refractivity contribution is 9.10. The third-order valence-corrected chi connectivity index (χ3v) is 6.35. The average molecular weight is 530 g/mol. The molecular weight excluding hydrogens is 506 g/mol. The zero-order chi connectivity index (χ0) is 24.0. The number of nitrogens with one attached hydrogen (secondary N) is 1. The van der Waals surface area contributed by atoms with E-state index in [9.17, 15) is 14.4 Å². The molecule has 1 amide bonds. The highest BCUT2D eigenvalue weighted by Gasteiger charge is 2.25. The number of amides is 1. The van der Waals surface area contributed by atoms with Crippen LogP contribution in [-0.2, 0) is 14.3 Å². The number of methoxy groups -OCH3 is 3. The van der Waals surface area contributed by atoms with Crippen LogP contribution in [0.25, 0.3) is 0 Å². The molecule has 0 saturated carbocycles. The maximum atomic E-state index is 12.6. The van der Waals surface area contributed by atoms with E-state index in [1.54, 1.807) is 13.8 Å². The van der Waals surface area contributed by atoms with E-state index < -0.39 is 24.5 Å². The SMILES string of the molecule is CCOC(=O)c1c(NC(=O)COC(=O)c2cc(OC)c(OC)c(OC)c2Br)sc(C)c1C. The van der Waals surface area contributed by atoms with E-state index >= 15 is 0 Å². The van der Waals surface area contributed by atoms with Crippen LogP contribution in [0.15, 0.2) is 10.5 Å². The number of esters is 2. The van der Waals surface area contributed by atoms with Crippen molar-refractivity contribution in [3.63, 3.8) is 0 Å². The maximum absolute atomic E-state index is 12.6. The molecule has 0 atom stereocenters. The monoisotopic (exact) mass is 529 g/mol. The third kappa shape index (κ3) is 5.33. The number of anilines is 1. The molecule has 0 fully saturated rings. The van der Waals surface area contributed by atoms with Crippen LogP contribution in [0, 0.1) is 13.8 Å². The second kappa shape index (κ2) is 11.2. The van der Waals surface area contributed by atoms with Gasteiger partial charge in [0.05, 0.1) is 43.5 Å². The van der Waals surface area contributed by atoms with Crippen molar-refractivity contribution in [1.82, 2.24) is 0 Å². The lowest BCUT2D eigenvalue weighted by Gasteiger charge is -2.16. The van der Waals surface area contributed by atoms with Crippen molar-refractivity contribution in [2.24, 2.45) is 0 Å². The maximum Gasteiger partial charge on any atom is 0.341 e. The first-order chi connectivity index (χ1) is 15.2. The predicted molar refractivity (Wildman–Crippen MR) is 122 cm³/mol. The first-order valence-electron chi connectivity index (χ1n) is 9.42. The lowest BCUT2D eigenvalue weighted by atomic mass is 10.1. The Morgan fingerprint density at radius 1 is 1.00 bits per heavy atom. The number of benzene rings is 1. The molecule has 0 bridgehead atoms. The van der Waals surface area contributed by atoms with Crippen molar-refractivity contribution < 1.29 is 38.1 Å². The van der Waals surface area contributed by atoms with Gasteiger partial charge in [-0.2, -0.15) is 0 Å². The number of carbonyl (C=O) groups is 3. The van der Waals surface area contributed by atoms with E-state index in [0.29, 0.717) is 16.3 Å². The molecule has 0 radical (unpaired) electrons. The molecule has 174 valence electrons. The normalized spacial score (nSPS) is 10.3. The zero-order valence-corrected chi connectivity index (χ0v) is 20.9. The molecule has 32 heavy (non-hydrogen) atoms. The lowest BCUT2D eigenvalue weighted by Crippen LogP contribution is -2.22. The summed E-state index contributed by atoms with van der Waals surface area (Å²) in [4.78, 5) is 38.2. The summed E-state index contributed by atoms with van der Waals surface area (Å²) < 4.78 is 26.3. The van der Waals surface area contributed by atoms with Gasteiger partial charge in [-0.05, 0) is 48.3 Å². The molecule has 2 aromatic rings. The quantitative estimate of drug-likeness (QED) is 0.483. The minimum atomic E-state index is -0.782. The van der Waals surface area contributed by atoms with Crippen molar-refractivity contribution >= 4 is 50.1 Å². The predicted octanol–water partition coefficient (Wildman–Crippen LogP) is 4.13. The van der Waals surface area contributed by atoms with Gasteiger partial charge in [-0.3, -0.25) is 4.79 Å². The Hall–Kier alpha value is -2.79. The molecule has 0 aliphatic rings. The molecule has 1 N–H and O–H groups in total. The van der Waals surface area contributed by atoms with Crippen LogP contribution in [0.4, 0.5) is 5.00 Å². The average Bonchev–Trinajstić information content (AvgIpc) is 3.04. The van der Waals surface area contributed by atoms with Gasteiger partial charge in [0, 0.05) is 4.88 Å². The van der Waals surface area contributed by atoms with Crippen molar-refractivity contribution in [3.8, 4) is 17.2 Å². The number of ether oxygens (including phenoxy) is 5. The molecule has 0 aliphatic heterocycles. The van der Waals surface area contributed by atoms with Crippen molar-refractivity contribution in [2.45, 2.75) is 20.8 Å². The fraction of sp³-hybridized carbons (Fsp3) is 0.381. The summed E-state index contributed by atoms with van der Waals surface area (Å²) in [7, 11) is 4.27. The second-order valence-electron chi connectivity index (χ2n) is 6.34. The van der Waals surface area contributed by atoms with E-state index in [4.69, 9.17) is 23.7 Å². The van der Waals surface area contributed by atoms with Crippen LogP contribution in [0.1, 0.15) is 38.1 Å². The van der Waals surface area contributed by atoms with Gasteiger partial charge < -0.3 is 29.0 Å². The van der Waals surface area contributed by atoms with Gasteiger partial charge in [0.1, 0.15) is 5.00 Å². The number of rotatable bonds is 9. The van der Waals surface area contributed by atoms with Gasteiger partial charge in [-0.25, -0.2) is 9.59 Å². The zero-order valence-electron chi connectivity index (χ0n) is 18.5. The van der Waals surface area contributed by atoms with Crippen LogP contribution in [0.5, 0.6) is 17.2 Å². The fourth-order valence-corrected chi connectivity index (χ4v) is 4.49. The van der Waals surface area contributed by atoms with Crippen LogP contribution < -0.4 is 19.5 Å². The van der Waals surface area contributed by atoms with Crippen LogP contribution in [0.3, 0.4) is 0 Å². The van der Waals surface area contributed by atoms with Gasteiger partial charge in [0.25, 0.3) is 5.91 Å². The summed E-state index contributed by atoms with van der Waals surface area (Å²) in [5, 5.41) is 2.96. The summed E-state index contributed by atoms with van der Waals surface area (Å²) in [5.41, 5.74) is 1.10. The fourth-order valence-electron chi connectivity index (χ4n) is 2.81. The van der Waals surface area contributed by atoms with Crippen molar-refractivity contribution in [1.29, 1.82) is 0 Å². The summed E-state index contributed by atoms with van der Waals surface area (Å²) in [6.07, 6.45) is 0. The molecule has 2 rings (SSSR count).